The predicted octanol–water partition coefficient (Wildman–Crippen LogP) is -0.853. The fourth-order valence-corrected chi connectivity index (χ4v) is 2.88. The van der Waals surface area contributed by atoms with Crippen LogP contribution in [0.4, 0.5) is 0 Å². The number of aliphatic carboxylic acids is 2. The summed E-state index contributed by atoms with van der Waals surface area (Å²) in [6.45, 7) is 4.88. The molecule has 0 rings (SSSR count). The van der Waals surface area contributed by atoms with E-state index < -0.39 is 60.2 Å². The number of carboxylic acids is 2. The molecule has 0 aromatic rings. The smallest absolute Gasteiger partial charge is 0.326 e. The maximum absolute atomic E-state index is 12.6. The molecule has 0 spiro atoms. The third-order valence-electron chi connectivity index (χ3n) is 4.50. The highest BCUT2D eigenvalue weighted by Gasteiger charge is 2.30. The third kappa shape index (κ3) is 9.92. The molecule has 0 radical (unpaired) electrons. The summed E-state index contributed by atoms with van der Waals surface area (Å²) in [5.74, 6) is -4.33. The molecule has 0 fully saturated rings. The average molecular weight is 449 g/mol. The SMILES string of the molecule is CCC(C)C(NC(=O)C(C)NC(=O)C(CCSC)NC(=O)C(N)CC(=O)O)C(=O)O. The number of hydrogen-bond acceptors (Lipinski definition) is 7. The van der Waals surface area contributed by atoms with Gasteiger partial charge in [-0.05, 0) is 31.3 Å². The Bertz CT molecular complexity index is 632. The first kappa shape index (κ1) is 27.7. The molecule has 12 heteroatoms. The van der Waals surface area contributed by atoms with Crippen molar-refractivity contribution in [1.29, 1.82) is 0 Å². The molecule has 0 bridgehead atoms. The molecule has 5 atom stereocenters. The number of thioether (sulfide) groups is 1. The van der Waals surface area contributed by atoms with Crippen LogP contribution < -0.4 is 21.7 Å². The van der Waals surface area contributed by atoms with Gasteiger partial charge < -0.3 is 31.9 Å². The van der Waals surface area contributed by atoms with Gasteiger partial charge in [0.1, 0.15) is 18.1 Å². The Kier molecular flexibility index (Phi) is 12.7. The fourth-order valence-electron chi connectivity index (χ4n) is 2.40. The molecule has 0 aromatic heterocycles. The van der Waals surface area contributed by atoms with Gasteiger partial charge in [-0.15, -0.1) is 0 Å². The Morgan fingerprint density at radius 2 is 1.57 bits per heavy atom. The maximum Gasteiger partial charge on any atom is 0.326 e. The minimum Gasteiger partial charge on any atom is -0.481 e. The van der Waals surface area contributed by atoms with Crippen molar-refractivity contribution in [2.75, 3.05) is 12.0 Å². The van der Waals surface area contributed by atoms with Crippen molar-refractivity contribution in [3.63, 3.8) is 0 Å². The third-order valence-corrected chi connectivity index (χ3v) is 5.15. The second-order valence-electron chi connectivity index (χ2n) is 6.99. The van der Waals surface area contributed by atoms with Crippen LogP contribution in [0.1, 0.15) is 40.0 Å². The van der Waals surface area contributed by atoms with Gasteiger partial charge in [0.2, 0.25) is 17.7 Å². The molecule has 172 valence electrons. The zero-order valence-corrected chi connectivity index (χ0v) is 18.5. The molecule has 3 amide bonds. The van der Waals surface area contributed by atoms with Crippen LogP contribution in [0.2, 0.25) is 0 Å². The zero-order valence-electron chi connectivity index (χ0n) is 17.6. The highest BCUT2D eigenvalue weighted by Crippen LogP contribution is 2.08. The van der Waals surface area contributed by atoms with Gasteiger partial charge in [0, 0.05) is 0 Å². The van der Waals surface area contributed by atoms with Crippen LogP contribution in [-0.2, 0) is 24.0 Å². The molecule has 0 aliphatic heterocycles. The molecule has 0 aliphatic carbocycles. The van der Waals surface area contributed by atoms with E-state index in [-0.39, 0.29) is 12.3 Å². The van der Waals surface area contributed by atoms with E-state index in [1.54, 1.807) is 13.8 Å². The van der Waals surface area contributed by atoms with E-state index in [0.29, 0.717) is 12.2 Å². The second kappa shape index (κ2) is 13.8. The van der Waals surface area contributed by atoms with Gasteiger partial charge in [0.25, 0.3) is 0 Å². The first-order valence-corrected chi connectivity index (χ1v) is 10.9. The summed E-state index contributed by atoms with van der Waals surface area (Å²) in [5, 5.41) is 25.3. The van der Waals surface area contributed by atoms with E-state index >= 15 is 0 Å². The largest absolute Gasteiger partial charge is 0.481 e. The van der Waals surface area contributed by atoms with Crippen molar-refractivity contribution in [2.24, 2.45) is 11.7 Å². The fraction of sp³-hybridized carbons (Fsp3) is 0.722. The second-order valence-corrected chi connectivity index (χ2v) is 7.97. The van der Waals surface area contributed by atoms with Gasteiger partial charge in [-0.1, -0.05) is 20.3 Å². The summed E-state index contributed by atoms with van der Waals surface area (Å²) < 4.78 is 0. The Morgan fingerprint density at radius 1 is 0.967 bits per heavy atom. The number of nitrogens with one attached hydrogen (secondary N) is 3. The molecule has 0 saturated heterocycles. The predicted molar refractivity (Wildman–Crippen MR) is 112 cm³/mol. The zero-order chi connectivity index (χ0) is 23.4. The van der Waals surface area contributed by atoms with Crippen molar-refractivity contribution in [3.05, 3.63) is 0 Å². The minimum absolute atomic E-state index is 0.234. The highest BCUT2D eigenvalue weighted by molar-refractivity contribution is 7.98. The van der Waals surface area contributed by atoms with Crippen LogP contribution in [0.3, 0.4) is 0 Å². The van der Waals surface area contributed by atoms with Crippen LogP contribution >= 0.6 is 11.8 Å². The topological polar surface area (TPSA) is 188 Å². The molecule has 11 nitrogen and oxygen atoms in total. The van der Waals surface area contributed by atoms with E-state index in [4.69, 9.17) is 10.8 Å². The van der Waals surface area contributed by atoms with Crippen LogP contribution in [0.5, 0.6) is 0 Å². The van der Waals surface area contributed by atoms with E-state index in [1.807, 2.05) is 6.26 Å². The lowest BCUT2D eigenvalue weighted by Gasteiger charge is -2.24. The van der Waals surface area contributed by atoms with Crippen LogP contribution in [0.25, 0.3) is 0 Å². The Hall–Kier alpha value is -2.34. The van der Waals surface area contributed by atoms with Gasteiger partial charge in [0.15, 0.2) is 0 Å². The number of nitrogens with two attached hydrogens (primary N) is 1. The quantitative estimate of drug-likeness (QED) is 0.197. The summed E-state index contributed by atoms with van der Waals surface area (Å²) in [7, 11) is 0. The van der Waals surface area contributed by atoms with Crippen LogP contribution in [0.15, 0.2) is 0 Å². The molecule has 0 aromatic carbocycles. The summed E-state index contributed by atoms with van der Waals surface area (Å²) in [4.78, 5) is 59.0. The number of carbonyl (C=O) groups is 5. The molecule has 7 N–H and O–H groups in total. The Labute approximate surface area is 179 Å². The lowest BCUT2D eigenvalue weighted by molar-refractivity contribution is -0.143. The van der Waals surface area contributed by atoms with Crippen molar-refractivity contribution in [1.82, 2.24) is 16.0 Å². The molecule has 5 unspecified atom stereocenters. The monoisotopic (exact) mass is 448 g/mol. The molecule has 30 heavy (non-hydrogen) atoms. The number of rotatable bonds is 14. The average Bonchev–Trinajstić information content (AvgIpc) is 2.67. The molecular weight excluding hydrogens is 416 g/mol. The first-order valence-electron chi connectivity index (χ1n) is 9.54. The Balaban J connectivity index is 5.07. The number of hydrogen-bond donors (Lipinski definition) is 6. The van der Waals surface area contributed by atoms with E-state index in [9.17, 15) is 29.1 Å². The van der Waals surface area contributed by atoms with E-state index in [1.165, 1.54) is 18.7 Å². The summed E-state index contributed by atoms with van der Waals surface area (Å²) in [6, 6.07) is -4.49. The normalized spacial score (nSPS) is 15.8. The summed E-state index contributed by atoms with van der Waals surface area (Å²) in [6.07, 6.45) is 1.99. The van der Waals surface area contributed by atoms with Crippen molar-refractivity contribution < 1.29 is 34.2 Å². The summed E-state index contributed by atoms with van der Waals surface area (Å²) in [5.41, 5.74) is 5.52. The van der Waals surface area contributed by atoms with Crippen molar-refractivity contribution in [2.45, 2.75) is 64.2 Å². The summed E-state index contributed by atoms with van der Waals surface area (Å²) >= 11 is 1.43. The molecule has 0 saturated carbocycles. The first-order chi connectivity index (χ1) is 13.9. The lowest BCUT2D eigenvalue weighted by atomic mass is 9.99. The van der Waals surface area contributed by atoms with Gasteiger partial charge >= 0.3 is 11.9 Å². The molecule has 0 aliphatic rings. The number of amides is 3. The van der Waals surface area contributed by atoms with Gasteiger partial charge in [0.05, 0.1) is 12.5 Å². The molecular formula is C18H32N4O7S. The standard InChI is InChI=1S/C18H32N4O7S/c1-5-9(2)14(18(28)29)22-15(25)10(3)20-17(27)12(6-7-30-4)21-16(26)11(19)8-13(23)24/h9-12,14H,5-8,19H2,1-4H3,(H,20,27)(H,21,26)(H,22,25)(H,23,24)(H,28,29). The van der Waals surface area contributed by atoms with Gasteiger partial charge in [-0.2, -0.15) is 11.8 Å². The lowest BCUT2D eigenvalue weighted by Crippen LogP contribution is -2.57. The van der Waals surface area contributed by atoms with Crippen LogP contribution in [0, 0.1) is 5.92 Å². The van der Waals surface area contributed by atoms with E-state index in [0.717, 1.165) is 0 Å². The Morgan fingerprint density at radius 3 is 2.03 bits per heavy atom. The highest BCUT2D eigenvalue weighted by atomic mass is 32.2. The number of carboxylic acid groups (broad SMARTS) is 2. The van der Waals surface area contributed by atoms with Gasteiger partial charge in [-0.3, -0.25) is 19.2 Å². The minimum atomic E-state index is -1.32. The van der Waals surface area contributed by atoms with Crippen LogP contribution in [-0.4, -0.2) is 76.0 Å². The maximum atomic E-state index is 12.6. The number of carbonyl (C=O) groups excluding carboxylic acids is 3. The van der Waals surface area contributed by atoms with Crippen molar-refractivity contribution in [3.8, 4) is 0 Å². The van der Waals surface area contributed by atoms with Gasteiger partial charge in [-0.25, -0.2) is 4.79 Å². The molecule has 0 heterocycles. The van der Waals surface area contributed by atoms with Crippen molar-refractivity contribution >= 4 is 41.4 Å². The van der Waals surface area contributed by atoms with E-state index in [2.05, 4.69) is 16.0 Å².